The smallest absolute Gasteiger partial charge is 0.272 e. The van der Waals surface area contributed by atoms with Crippen molar-refractivity contribution in [3.8, 4) is 22.3 Å². The number of benzene rings is 1. The van der Waals surface area contributed by atoms with Gasteiger partial charge in [0.1, 0.15) is 5.69 Å². The highest BCUT2D eigenvalue weighted by atomic mass is 16.5. The first kappa shape index (κ1) is 20.3. The number of ether oxygens (including phenoxy) is 1. The second kappa shape index (κ2) is 8.16. The molecule has 1 saturated heterocycles. The number of hydrogen-bond donors (Lipinski definition) is 0. The third kappa shape index (κ3) is 3.65. The van der Waals surface area contributed by atoms with Gasteiger partial charge >= 0.3 is 0 Å². The van der Waals surface area contributed by atoms with Crippen molar-refractivity contribution < 1.29 is 9.53 Å². The van der Waals surface area contributed by atoms with Crippen molar-refractivity contribution in [2.75, 3.05) is 20.2 Å². The summed E-state index contributed by atoms with van der Waals surface area (Å²) in [5.41, 5.74) is 5.30. The maximum Gasteiger partial charge on any atom is 0.272 e. The molecule has 162 valence electrons. The van der Waals surface area contributed by atoms with Gasteiger partial charge in [-0.2, -0.15) is 5.10 Å². The molecule has 7 nitrogen and oxygen atoms in total. The molecule has 32 heavy (non-hydrogen) atoms. The molecule has 0 aliphatic carbocycles. The van der Waals surface area contributed by atoms with Crippen molar-refractivity contribution >= 4 is 16.8 Å². The molecule has 5 rings (SSSR count). The molecule has 7 heteroatoms. The fourth-order valence-corrected chi connectivity index (χ4v) is 3.90. The standard InChI is InChI=1S/C25H25N5O2/c1-16(2)30-13-20(11-27-30)17-4-6-18(7-5-17)22-12-26-10-19-8-9-23(28-24(19)22)25(31)29-14-21(15-29)32-3/h4-13,16,21H,14-15H2,1-3H3. The Kier molecular flexibility index (Phi) is 5.19. The van der Waals surface area contributed by atoms with Crippen LogP contribution in [0.4, 0.5) is 0 Å². The quantitative estimate of drug-likeness (QED) is 0.477. The van der Waals surface area contributed by atoms with Gasteiger partial charge in [0.05, 0.1) is 17.8 Å². The molecular formula is C25H25N5O2. The molecule has 3 aromatic heterocycles. The summed E-state index contributed by atoms with van der Waals surface area (Å²) in [7, 11) is 1.67. The largest absolute Gasteiger partial charge is 0.378 e. The third-order valence-electron chi connectivity index (χ3n) is 5.95. The van der Waals surface area contributed by atoms with Crippen LogP contribution < -0.4 is 0 Å². The van der Waals surface area contributed by atoms with Crippen LogP contribution in [0.15, 0.2) is 61.2 Å². The van der Waals surface area contributed by atoms with Crippen LogP contribution in [-0.4, -0.2) is 56.9 Å². The number of amides is 1. The SMILES string of the molecule is COC1CN(C(=O)c2ccc3cncc(-c4ccc(-c5cnn(C(C)C)c5)cc4)c3n2)C1. The predicted octanol–water partition coefficient (Wildman–Crippen LogP) is 4.21. The summed E-state index contributed by atoms with van der Waals surface area (Å²) < 4.78 is 7.23. The van der Waals surface area contributed by atoms with Crippen LogP contribution in [0, 0.1) is 0 Å². The van der Waals surface area contributed by atoms with Crippen LogP contribution in [0.2, 0.25) is 0 Å². The zero-order chi connectivity index (χ0) is 22.2. The molecule has 1 aliphatic rings. The van der Waals surface area contributed by atoms with Gasteiger partial charge in [-0.05, 0) is 37.1 Å². The lowest BCUT2D eigenvalue weighted by molar-refractivity contribution is -0.0194. The van der Waals surface area contributed by atoms with E-state index in [1.54, 1.807) is 30.5 Å². The van der Waals surface area contributed by atoms with Crippen LogP contribution in [0.3, 0.4) is 0 Å². The topological polar surface area (TPSA) is 73.1 Å². The minimum absolute atomic E-state index is 0.0690. The summed E-state index contributed by atoms with van der Waals surface area (Å²) in [6.07, 6.45) is 7.64. The van der Waals surface area contributed by atoms with Gasteiger partial charge in [-0.3, -0.25) is 14.5 Å². The van der Waals surface area contributed by atoms with Gasteiger partial charge in [0.25, 0.3) is 5.91 Å². The van der Waals surface area contributed by atoms with E-state index in [0.29, 0.717) is 24.8 Å². The number of fused-ring (bicyclic) bond motifs is 1. The normalized spacial score (nSPS) is 14.2. The molecule has 4 aromatic rings. The molecule has 0 N–H and O–H groups in total. The van der Waals surface area contributed by atoms with Crippen LogP contribution in [0.25, 0.3) is 33.2 Å². The molecule has 1 fully saturated rings. The van der Waals surface area contributed by atoms with E-state index in [2.05, 4.69) is 54.4 Å². The highest BCUT2D eigenvalue weighted by molar-refractivity contribution is 5.98. The first-order chi connectivity index (χ1) is 15.5. The Balaban J connectivity index is 1.46. The van der Waals surface area contributed by atoms with E-state index in [1.807, 2.05) is 16.9 Å². The summed E-state index contributed by atoms with van der Waals surface area (Å²) in [5.74, 6) is -0.0690. The molecule has 0 atom stereocenters. The number of aromatic nitrogens is 4. The number of carbonyl (C=O) groups is 1. The summed E-state index contributed by atoms with van der Waals surface area (Å²) in [5, 5.41) is 5.33. The second-order valence-corrected chi connectivity index (χ2v) is 8.40. The lowest BCUT2D eigenvalue weighted by Crippen LogP contribution is -2.54. The first-order valence-electron chi connectivity index (χ1n) is 10.8. The molecule has 1 aliphatic heterocycles. The van der Waals surface area contributed by atoms with Gasteiger partial charge in [-0.15, -0.1) is 0 Å². The Hall–Kier alpha value is -3.58. The average molecular weight is 428 g/mol. The van der Waals surface area contributed by atoms with Crippen LogP contribution in [-0.2, 0) is 4.74 Å². The van der Waals surface area contributed by atoms with Crippen molar-refractivity contribution in [2.24, 2.45) is 0 Å². The number of pyridine rings is 2. The van der Waals surface area contributed by atoms with Crippen molar-refractivity contribution in [3.05, 3.63) is 66.9 Å². The average Bonchev–Trinajstić information content (AvgIpc) is 3.28. The van der Waals surface area contributed by atoms with E-state index >= 15 is 0 Å². The molecular weight excluding hydrogens is 402 g/mol. The molecule has 0 bridgehead atoms. The van der Waals surface area contributed by atoms with Crippen molar-refractivity contribution in [1.29, 1.82) is 0 Å². The summed E-state index contributed by atoms with van der Waals surface area (Å²) in [6.45, 7) is 5.43. The predicted molar refractivity (Wildman–Crippen MR) is 123 cm³/mol. The number of nitrogens with zero attached hydrogens (tertiary/aromatic N) is 5. The van der Waals surface area contributed by atoms with E-state index in [0.717, 1.165) is 33.2 Å². The van der Waals surface area contributed by atoms with E-state index < -0.39 is 0 Å². The van der Waals surface area contributed by atoms with E-state index in [4.69, 9.17) is 9.72 Å². The van der Waals surface area contributed by atoms with Crippen LogP contribution in [0.5, 0.6) is 0 Å². The number of hydrogen-bond acceptors (Lipinski definition) is 5. The number of rotatable bonds is 5. The lowest BCUT2D eigenvalue weighted by atomic mass is 10.0. The van der Waals surface area contributed by atoms with Crippen LogP contribution in [0.1, 0.15) is 30.4 Å². The van der Waals surface area contributed by atoms with Gasteiger partial charge in [0.15, 0.2) is 0 Å². The zero-order valence-corrected chi connectivity index (χ0v) is 18.4. The molecule has 1 amide bonds. The monoisotopic (exact) mass is 427 g/mol. The fraction of sp³-hybridized carbons (Fsp3) is 0.280. The van der Waals surface area contributed by atoms with Gasteiger partial charge in [-0.25, -0.2) is 4.98 Å². The van der Waals surface area contributed by atoms with E-state index in [9.17, 15) is 4.79 Å². The molecule has 0 saturated carbocycles. The number of methoxy groups -OCH3 is 1. The molecule has 4 heterocycles. The lowest BCUT2D eigenvalue weighted by Gasteiger charge is -2.37. The highest BCUT2D eigenvalue weighted by Crippen LogP contribution is 2.29. The molecule has 1 aromatic carbocycles. The van der Waals surface area contributed by atoms with Crippen LogP contribution >= 0.6 is 0 Å². The van der Waals surface area contributed by atoms with Crippen molar-refractivity contribution in [3.63, 3.8) is 0 Å². The Morgan fingerprint density at radius 2 is 1.75 bits per heavy atom. The highest BCUT2D eigenvalue weighted by Gasteiger charge is 2.31. The summed E-state index contributed by atoms with van der Waals surface area (Å²) in [4.78, 5) is 23.7. The minimum Gasteiger partial charge on any atom is -0.378 e. The van der Waals surface area contributed by atoms with E-state index in [-0.39, 0.29) is 12.0 Å². The van der Waals surface area contributed by atoms with Gasteiger partial charge < -0.3 is 9.64 Å². The zero-order valence-electron chi connectivity index (χ0n) is 18.4. The summed E-state index contributed by atoms with van der Waals surface area (Å²) in [6, 6.07) is 12.3. The maximum atomic E-state index is 12.8. The molecule has 0 unspecified atom stereocenters. The summed E-state index contributed by atoms with van der Waals surface area (Å²) >= 11 is 0. The number of likely N-dealkylation sites (tertiary alicyclic amines) is 1. The Morgan fingerprint density at radius 1 is 1.00 bits per heavy atom. The number of carbonyl (C=O) groups excluding carboxylic acids is 1. The van der Waals surface area contributed by atoms with Crippen molar-refractivity contribution in [1.82, 2.24) is 24.6 Å². The Labute approximate surface area is 186 Å². The van der Waals surface area contributed by atoms with E-state index in [1.165, 1.54) is 0 Å². The fourth-order valence-electron chi connectivity index (χ4n) is 3.90. The van der Waals surface area contributed by atoms with Gasteiger partial charge in [-0.1, -0.05) is 24.3 Å². The second-order valence-electron chi connectivity index (χ2n) is 8.40. The maximum absolute atomic E-state index is 12.8. The first-order valence-corrected chi connectivity index (χ1v) is 10.8. The van der Waals surface area contributed by atoms with Gasteiger partial charge in [0.2, 0.25) is 0 Å². The van der Waals surface area contributed by atoms with Gasteiger partial charge in [0, 0.05) is 61.3 Å². The molecule has 0 radical (unpaired) electrons. The third-order valence-corrected chi connectivity index (χ3v) is 5.95. The molecule has 0 spiro atoms. The van der Waals surface area contributed by atoms with Crippen molar-refractivity contribution in [2.45, 2.75) is 26.0 Å². The Morgan fingerprint density at radius 3 is 2.44 bits per heavy atom. The minimum atomic E-state index is -0.0690. The Bertz CT molecular complexity index is 1270.